The van der Waals surface area contributed by atoms with Crippen molar-refractivity contribution in [3.8, 4) is 5.75 Å². The minimum absolute atomic E-state index is 0.131. The SMILES string of the molecule is COc1ccc(C2C=C(c3ccccc3Cl)Nc3nnnn32)cc1. The average Bonchev–Trinajstić information content (AvgIpc) is 3.10. The van der Waals surface area contributed by atoms with E-state index < -0.39 is 0 Å². The third-order valence-corrected chi connectivity index (χ3v) is 4.28. The van der Waals surface area contributed by atoms with Gasteiger partial charge in [0, 0.05) is 16.3 Å². The highest BCUT2D eigenvalue weighted by atomic mass is 35.5. The Balaban J connectivity index is 1.80. The van der Waals surface area contributed by atoms with Crippen molar-refractivity contribution in [3.05, 3.63) is 70.8 Å². The molecular formula is C17H14ClN5O. The Morgan fingerprint density at radius 2 is 1.92 bits per heavy atom. The number of anilines is 1. The van der Waals surface area contributed by atoms with Gasteiger partial charge in [-0.3, -0.25) is 0 Å². The summed E-state index contributed by atoms with van der Waals surface area (Å²) >= 11 is 6.34. The van der Waals surface area contributed by atoms with Gasteiger partial charge < -0.3 is 10.1 Å². The van der Waals surface area contributed by atoms with Gasteiger partial charge in [0.15, 0.2) is 0 Å². The second kappa shape index (κ2) is 5.98. The number of tetrazole rings is 1. The number of halogens is 1. The first kappa shape index (κ1) is 14.7. The zero-order chi connectivity index (χ0) is 16.5. The molecule has 4 rings (SSSR count). The summed E-state index contributed by atoms with van der Waals surface area (Å²) in [6.07, 6.45) is 2.06. The summed E-state index contributed by atoms with van der Waals surface area (Å²) in [6.45, 7) is 0. The summed E-state index contributed by atoms with van der Waals surface area (Å²) < 4.78 is 6.96. The van der Waals surface area contributed by atoms with Crippen LogP contribution in [0.5, 0.6) is 5.75 Å². The summed E-state index contributed by atoms with van der Waals surface area (Å²) in [5, 5.41) is 15.8. The van der Waals surface area contributed by atoms with Crippen molar-refractivity contribution < 1.29 is 4.74 Å². The van der Waals surface area contributed by atoms with Gasteiger partial charge in [0.25, 0.3) is 0 Å². The minimum atomic E-state index is -0.131. The van der Waals surface area contributed by atoms with E-state index in [0.29, 0.717) is 11.0 Å². The number of rotatable bonds is 3. The Hall–Kier alpha value is -2.86. The number of nitrogens with one attached hydrogen (secondary N) is 1. The predicted molar refractivity (Wildman–Crippen MR) is 92.0 cm³/mol. The van der Waals surface area contributed by atoms with Gasteiger partial charge in [-0.1, -0.05) is 47.0 Å². The predicted octanol–water partition coefficient (Wildman–Crippen LogP) is 3.39. The van der Waals surface area contributed by atoms with Crippen molar-refractivity contribution in [1.82, 2.24) is 20.2 Å². The van der Waals surface area contributed by atoms with E-state index in [1.807, 2.05) is 48.5 Å². The first-order chi connectivity index (χ1) is 11.8. The van der Waals surface area contributed by atoms with Crippen LogP contribution in [-0.2, 0) is 0 Å². The van der Waals surface area contributed by atoms with Gasteiger partial charge in [0.05, 0.1) is 7.11 Å². The first-order valence-corrected chi connectivity index (χ1v) is 7.79. The molecule has 0 radical (unpaired) electrons. The van der Waals surface area contributed by atoms with Gasteiger partial charge in [0.1, 0.15) is 11.8 Å². The van der Waals surface area contributed by atoms with Crippen molar-refractivity contribution in [1.29, 1.82) is 0 Å². The molecule has 0 bridgehead atoms. The molecule has 2 heterocycles. The van der Waals surface area contributed by atoms with Gasteiger partial charge in [0.2, 0.25) is 5.95 Å². The molecule has 7 heteroatoms. The van der Waals surface area contributed by atoms with Crippen LogP contribution >= 0.6 is 11.6 Å². The number of hydrogen-bond acceptors (Lipinski definition) is 5. The lowest BCUT2D eigenvalue weighted by molar-refractivity contribution is 0.414. The summed E-state index contributed by atoms with van der Waals surface area (Å²) in [6, 6.07) is 15.4. The second-order valence-electron chi connectivity index (χ2n) is 5.35. The van der Waals surface area contributed by atoms with Crippen molar-refractivity contribution >= 4 is 23.2 Å². The number of hydrogen-bond donors (Lipinski definition) is 1. The van der Waals surface area contributed by atoms with Crippen LogP contribution in [-0.4, -0.2) is 27.3 Å². The molecule has 6 nitrogen and oxygen atoms in total. The lowest BCUT2D eigenvalue weighted by Crippen LogP contribution is -2.20. The molecule has 0 fully saturated rings. The molecule has 120 valence electrons. The molecule has 24 heavy (non-hydrogen) atoms. The Bertz CT molecular complexity index is 903. The van der Waals surface area contributed by atoms with Gasteiger partial charge in [-0.05, 0) is 40.3 Å². The Morgan fingerprint density at radius 1 is 1.12 bits per heavy atom. The van der Waals surface area contributed by atoms with E-state index in [1.165, 1.54) is 0 Å². The number of aromatic nitrogens is 4. The molecule has 1 unspecified atom stereocenters. The van der Waals surface area contributed by atoms with Crippen molar-refractivity contribution in [3.63, 3.8) is 0 Å². The lowest BCUT2D eigenvalue weighted by Gasteiger charge is -2.24. The van der Waals surface area contributed by atoms with Crippen LogP contribution in [0, 0.1) is 0 Å². The second-order valence-corrected chi connectivity index (χ2v) is 5.76. The van der Waals surface area contributed by atoms with E-state index >= 15 is 0 Å². The maximum Gasteiger partial charge on any atom is 0.248 e. The maximum absolute atomic E-state index is 6.34. The van der Waals surface area contributed by atoms with Gasteiger partial charge in [-0.2, -0.15) is 4.68 Å². The molecule has 0 amide bonds. The van der Waals surface area contributed by atoms with Crippen molar-refractivity contribution in [2.24, 2.45) is 0 Å². The molecule has 1 aliphatic heterocycles. The molecular weight excluding hydrogens is 326 g/mol. The van der Waals surface area contributed by atoms with Crippen LogP contribution in [0.2, 0.25) is 5.02 Å². The molecule has 1 aliphatic rings. The fraction of sp³-hybridized carbons (Fsp3) is 0.118. The number of nitrogens with zero attached hydrogens (tertiary/aromatic N) is 4. The van der Waals surface area contributed by atoms with Crippen LogP contribution in [0.25, 0.3) is 5.70 Å². The van der Waals surface area contributed by atoms with Crippen molar-refractivity contribution in [2.75, 3.05) is 12.4 Å². The number of allylic oxidation sites excluding steroid dienone is 1. The molecule has 0 saturated heterocycles. The van der Waals surface area contributed by atoms with Crippen LogP contribution in [0.1, 0.15) is 17.2 Å². The van der Waals surface area contributed by atoms with E-state index in [0.717, 1.165) is 22.6 Å². The average molecular weight is 340 g/mol. The molecule has 0 spiro atoms. The van der Waals surface area contributed by atoms with Gasteiger partial charge in [-0.15, -0.1) is 0 Å². The maximum atomic E-state index is 6.34. The highest BCUT2D eigenvalue weighted by molar-refractivity contribution is 6.32. The van der Waals surface area contributed by atoms with E-state index in [2.05, 4.69) is 26.9 Å². The molecule has 1 N–H and O–H groups in total. The van der Waals surface area contributed by atoms with E-state index in [-0.39, 0.29) is 6.04 Å². The molecule has 2 aromatic carbocycles. The zero-order valence-corrected chi connectivity index (χ0v) is 13.6. The van der Waals surface area contributed by atoms with Crippen molar-refractivity contribution in [2.45, 2.75) is 6.04 Å². The molecule has 0 saturated carbocycles. The van der Waals surface area contributed by atoms with Crippen LogP contribution in [0.3, 0.4) is 0 Å². The van der Waals surface area contributed by atoms with Crippen LogP contribution in [0.4, 0.5) is 5.95 Å². The minimum Gasteiger partial charge on any atom is -0.497 e. The number of ether oxygens (including phenoxy) is 1. The van der Waals surface area contributed by atoms with Gasteiger partial charge >= 0.3 is 0 Å². The summed E-state index contributed by atoms with van der Waals surface area (Å²) in [5.41, 5.74) is 2.84. The number of benzene rings is 2. The molecule has 1 aromatic heterocycles. The number of fused-ring (bicyclic) bond motifs is 1. The van der Waals surface area contributed by atoms with Crippen LogP contribution < -0.4 is 10.1 Å². The first-order valence-electron chi connectivity index (χ1n) is 7.42. The smallest absolute Gasteiger partial charge is 0.248 e. The molecule has 3 aromatic rings. The largest absolute Gasteiger partial charge is 0.497 e. The monoisotopic (exact) mass is 339 g/mol. The fourth-order valence-electron chi connectivity index (χ4n) is 2.73. The van der Waals surface area contributed by atoms with Gasteiger partial charge in [-0.25, -0.2) is 0 Å². The van der Waals surface area contributed by atoms with Crippen LogP contribution in [0.15, 0.2) is 54.6 Å². The summed E-state index contributed by atoms with van der Waals surface area (Å²) in [7, 11) is 1.65. The quantitative estimate of drug-likeness (QED) is 0.792. The summed E-state index contributed by atoms with van der Waals surface area (Å²) in [5.74, 6) is 1.38. The van der Waals surface area contributed by atoms with E-state index in [9.17, 15) is 0 Å². The Labute approximate surface area is 143 Å². The highest BCUT2D eigenvalue weighted by Crippen LogP contribution is 2.34. The third kappa shape index (κ3) is 2.51. The van der Waals surface area contributed by atoms with E-state index in [1.54, 1.807) is 11.8 Å². The number of methoxy groups -OCH3 is 1. The Morgan fingerprint density at radius 3 is 2.67 bits per heavy atom. The topological polar surface area (TPSA) is 64.9 Å². The zero-order valence-electron chi connectivity index (χ0n) is 12.8. The normalized spacial score (nSPS) is 16.1. The standard InChI is InChI=1S/C17H14ClN5O/c1-24-12-8-6-11(7-9-12)16-10-15(13-4-2-3-5-14(13)18)19-17-20-21-22-23(16)17/h2-10,16H,1H3,(H,19,20,22). The molecule has 0 aliphatic carbocycles. The molecule has 1 atom stereocenters. The lowest BCUT2D eigenvalue weighted by atomic mass is 10.0. The fourth-order valence-corrected chi connectivity index (χ4v) is 2.97. The summed E-state index contributed by atoms with van der Waals surface area (Å²) in [4.78, 5) is 0. The third-order valence-electron chi connectivity index (χ3n) is 3.95. The highest BCUT2D eigenvalue weighted by Gasteiger charge is 2.25. The van der Waals surface area contributed by atoms with E-state index in [4.69, 9.17) is 16.3 Å². The Kier molecular flexibility index (Phi) is 3.66.